The largest absolute Gasteiger partial charge is 0.336 e. The molecule has 0 atom stereocenters. The van der Waals surface area contributed by atoms with E-state index in [1.165, 1.54) is 0 Å². The van der Waals surface area contributed by atoms with E-state index < -0.39 is 0 Å². The van der Waals surface area contributed by atoms with E-state index in [2.05, 4.69) is 31.2 Å². The van der Waals surface area contributed by atoms with Gasteiger partial charge in [-0.3, -0.25) is 4.79 Å². The van der Waals surface area contributed by atoms with Crippen molar-refractivity contribution >= 4 is 22.2 Å². The summed E-state index contributed by atoms with van der Waals surface area (Å²) in [5.41, 5.74) is 0.455. The molecule has 0 bridgehead atoms. The summed E-state index contributed by atoms with van der Waals surface area (Å²) in [7, 11) is 0. The molecule has 0 aliphatic carbocycles. The van der Waals surface area contributed by atoms with E-state index in [1.807, 2.05) is 0 Å². The molecule has 1 aromatic heterocycles. The lowest BCUT2D eigenvalue weighted by Crippen LogP contribution is -2.40. The van der Waals surface area contributed by atoms with Gasteiger partial charge < -0.3 is 10.3 Å². The predicted octanol–water partition coefficient (Wildman–Crippen LogP) is 0.671. The van der Waals surface area contributed by atoms with Gasteiger partial charge in [-0.15, -0.1) is 0 Å². The highest BCUT2D eigenvalue weighted by atomic mass is 79.9. The van der Waals surface area contributed by atoms with Crippen LogP contribution in [0.2, 0.25) is 0 Å². The number of nitrogens with one attached hydrogen (secondary N) is 2. The van der Waals surface area contributed by atoms with Gasteiger partial charge in [-0.05, 0) is 15.9 Å². The third-order valence-electron chi connectivity index (χ3n) is 1.98. The van der Waals surface area contributed by atoms with Crippen molar-refractivity contribution in [2.75, 3.05) is 13.1 Å². The van der Waals surface area contributed by atoms with Crippen molar-refractivity contribution in [2.45, 2.75) is 5.92 Å². The minimum Gasteiger partial charge on any atom is -0.336 e. The van der Waals surface area contributed by atoms with Crippen LogP contribution in [0.15, 0.2) is 4.60 Å². The highest BCUT2D eigenvalue weighted by Crippen LogP contribution is 2.20. The van der Waals surface area contributed by atoms with Crippen molar-refractivity contribution < 1.29 is 4.79 Å². The van der Waals surface area contributed by atoms with E-state index in [0.29, 0.717) is 16.2 Å². The zero-order valence-corrected chi connectivity index (χ0v) is 7.89. The summed E-state index contributed by atoms with van der Waals surface area (Å²) in [4.78, 5) is 17.6. The number of rotatable bonds is 2. The minimum absolute atomic E-state index is 0.440. The molecule has 64 valence electrons. The van der Waals surface area contributed by atoms with Gasteiger partial charge in [0.2, 0.25) is 0 Å². The summed E-state index contributed by atoms with van der Waals surface area (Å²) in [5.74, 6) is 1.33. The lowest BCUT2D eigenvalue weighted by atomic mass is 10.0. The first-order chi connectivity index (χ1) is 5.81. The van der Waals surface area contributed by atoms with E-state index in [0.717, 1.165) is 25.2 Å². The SMILES string of the molecule is O=Cc1nc(C2CNC2)[nH]c1Br. The highest BCUT2D eigenvalue weighted by molar-refractivity contribution is 9.10. The van der Waals surface area contributed by atoms with Gasteiger partial charge in [-0.2, -0.15) is 0 Å². The van der Waals surface area contributed by atoms with Crippen LogP contribution in [0.25, 0.3) is 0 Å². The molecule has 2 rings (SSSR count). The van der Waals surface area contributed by atoms with E-state index in [4.69, 9.17) is 0 Å². The number of hydrogen-bond acceptors (Lipinski definition) is 3. The number of aromatic amines is 1. The van der Waals surface area contributed by atoms with Crippen LogP contribution in [0.4, 0.5) is 0 Å². The van der Waals surface area contributed by atoms with Gasteiger partial charge in [0, 0.05) is 19.0 Å². The summed E-state index contributed by atoms with van der Waals surface area (Å²) in [6, 6.07) is 0. The number of aromatic nitrogens is 2. The Morgan fingerprint density at radius 3 is 2.75 bits per heavy atom. The highest BCUT2D eigenvalue weighted by Gasteiger charge is 2.22. The molecule has 0 aromatic carbocycles. The number of H-pyrrole nitrogens is 1. The van der Waals surface area contributed by atoms with Crippen molar-refractivity contribution in [2.24, 2.45) is 0 Å². The predicted molar refractivity (Wildman–Crippen MR) is 47.3 cm³/mol. The number of imidazole rings is 1. The van der Waals surface area contributed by atoms with E-state index in [9.17, 15) is 4.79 Å². The Kier molecular flexibility index (Phi) is 1.98. The first kappa shape index (κ1) is 7.94. The molecule has 2 heterocycles. The first-order valence-corrected chi connectivity index (χ1v) is 4.52. The maximum Gasteiger partial charge on any atom is 0.171 e. The van der Waals surface area contributed by atoms with Crippen LogP contribution in [0.3, 0.4) is 0 Å². The van der Waals surface area contributed by atoms with E-state index >= 15 is 0 Å². The van der Waals surface area contributed by atoms with Gasteiger partial charge in [0.15, 0.2) is 6.29 Å². The molecule has 1 aromatic rings. The zero-order chi connectivity index (χ0) is 8.55. The average molecular weight is 230 g/mol. The lowest BCUT2D eigenvalue weighted by Gasteiger charge is -2.24. The number of halogens is 1. The van der Waals surface area contributed by atoms with Crippen LogP contribution in [0.5, 0.6) is 0 Å². The second-order valence-electron chi connectivity index (χ2n) is 2.79. The number of carbonyl (C=O) groups excluding carboxylic acids is 1. The molecule has 2 N–H and O–H groups in total. The second-order valence-corrected chi connectivity index (χ2v) is 3.59. The van der Waals surface area contributed by atoms with Crippen LogP contribution in [0.1, 0.15) is 22.2 Å². The summed E-state index contributed by atoms with van der Waals surface area (Å²) >= 11 is 3.23. The second kappa shape index (κ2) is 2.99. The fourth-order valence-electron chi connectivity index (χ4n) is 1.14. The molecule has 1 aliphatic rings. The maximum atomic E-state index is 10.4. The maximum absolute atomic E-state index is 10.4. The average Bonchev–Trinajstić information content (AvgIpc) is 2.27. The van der Waals surface area contributed by atoms with Crippen molar-refractivity contribution in [3.8, 4) is 0 Å². The van der Waals surface area contributed by atoms with Crippen LogP contribution in [-0.4, -0.2) is 29.3 Å². The zero-order valence-electron chi connectivity index (χ0n) is 6.30. The summed E-state index contributed by atoms with van der Waals surface area (Å²) in [5, 5.41) is 3.14. The Morgan fingerprint density at radius 2 is 2.33 bits per heavy atom. The molecule has 0 radical (unpaired) electrons. The quantitative estimate of drug-likeness (QED) is 0.734. The Balaban J connectivity index is 2.27. The number of nitrogens with zero attached hydrogens (tertiary/aromatic N) is 1. The fourth-order valence-corrected chi connectivity index (χ4v) is 1.52. The molecule has 0 unspecified atom stereocenters. The van der Waals surface area contributed by atoms with Crippen LogP contribution >= 0.6 is 15.9 Å². The van der Waals surface area contributed by atoms with Gasteiger partial charge >= 0.3 is 0 Å². The molecule has 1 aliphatic heterocycles. The number of aldehydes is 1. The van der Waals surface area contributed by atoms with Crippen molar-refractivity contribution in [1.82, 2.24) is 15.3 Å². The van der Waals surface area contributed by atoms with Gasteiger partial charge in [-0.25, -0.2) is 4.98 Å². The monoisotopic (exact) mass is 229 g/mol. The lowest BCUT2D eigenvalue weighted by molar-refractivity contribution is 0.111. The normalized spacial score (nSPS) is 17.4. The Bertz CT molecular complexity index is 306. The molecular formula is C7H8BrN3O. The third kappa shape index (κ3) is 1.19. The van der Waals surface area contributed by atoms with Gasteiger partial charge in [0.25, 0.3) is 0 Å². The van der Waals surface area contributed by atoms with Crippen molar-refractivity contribution in [1.29, 1.82) is 0 Å². The number of carbonyl (C=O) groups is 1. The molecule has 4 nitrogen and oxygen atoms in total. The third-order valence-corrected chi connectivity index (χ3v) is 2.59. The topological polar surface area (TPSA) is 57.8 Å². The van der Waals surface area contributed by atoms with Crippen LogP contribution in [0, 0.1) is 0 Å². The standard InChI is InChI=1S/C7H8BrN3O/c8-6-5(3-12)10-7(11-6)4-1-9-2-4/h3-4,9H,1-2H2,(H,10,11). The molecule has 1 fully saturated rings. The van der Waals surface area contributed by atoms with Crippen molar-refractivity contribution in [3.63, 3.8) is 0 Å². The van der Waals surface area contributed by atoms with Gasteiger partial charge in [0.1, 0.15) is 16.1 Å². The molecule has 5 heteroatoms. The van der Waals surface area contributed by atoms with Crippen molar-refractivity contribution in [3.05, 3.63) is 16.1 Å². The molecular weight excluding hydrogens is 222 g/mol. The number of hydrogen-bond donors (Lipinski definition) is 2. The Hall–Kier alpha value is -0.680. The van der Waals surface area contributed by atoms with Gasteiger partial charge in [0.05, 0.1) is 0 Å². The Labute approximate surface area is 77.9 Å². The molecule has 0 spiro atoms. The fraction of sp³-hybridized carbons (Fsp3) is 0.429. The molecule has 0 amide bonds. The molecule has 0 saturated carbocycles. The summed E-state index contributed by atoms with van der Waals surface area (Å²) < 4.78 is 0.680. The first-order valence-electron chi connectivity index (χ1n) is 3.72. The minimum atomic E-state index is 0.440. The van der Waals surface area contributed by atoms with E-state index in [-0.39, 0.29) is 0 Å². The van der Waals surface area contributed by atoms with Gasteiger partial charge in [-0.1, -0.05) is 0 Å². The van der Waals surface area contributed by atoms with E-state index in [1.54, 1.807) is 0 Å². The smallest absolute Gasteiger partial charge is 0.171 e. The summed E-state index contributed by atoms with van der Waals surface area (Å²) in [6.45, 7) is 1.89. The molecule has 1 saturated heterocycles. The summed E-state index contributed by atoms with van der Waals surface area (Å²) in [6.07, 6.45) is 0.746. The Morgan fingerprint density at radius 1 is 1.58 bits per heavy atom. The van der Waals surface area contributed by atoms with Crippen LogP contribution in [-0.2, 0) is 0 Å². The molecule has 12 heavy (non-hydrogen) atoms. The van der Waals surface area contributed by atoms with Crippen LogP contribution < -0.4 is 5.32 Å².